The van der Waals surface area contributed by atoms with Gasteiger partial charge in [0, 0.05) is 34.5 Å². The van der Waals surface area contributed by atoms with Gasteiger partial charge in [-0.25, -0.2) is 9.97 Å². The Morgan fingerprint density at radius 2 is 0.895 bits per heavy atom. The number of aromatic nitrogens is 2. The smallest absolute Gasteiger partial charge is 0.138 e. The Morgan fingerprint density at radius 3 is 1.47 bits per heavy atom. The van der Waals surface area contributed by atoms with E-state index >= 15 is 0 Å². The van der Waals surface area contributed by atoms with E-state index in [4.69, 9.17) is 4.98 Å². The molecular weight excluding hydrogens is 464 g/mol. The van der Waals surface area contributed by atoms with Crippen LogP contribution in [-0.4, -0.2) is 9.97 Å². The van der Waals surface area contributed by atoms with E-state index in [0.29, 0.717) is 0 Å². The van der Waals surface area contributed by atoms with E-state index < -0.39 is 0 Å². The number of hydrogen-bond acceptors (Lipinski definition) is 4. The van der Waals surface area contributed by atoms with Crippen molar-refractivity contribution in [1.82, 2.24) is 9.97 Å². The Kier molecular flexibility index (Phi) is 6.60. The molecule has 0 saturated carbocycles. The molecule has 0 radical (unpaired) electrons. The topological polar surface area (TPSA) is 32.3 Å². The van der Waals surface area contributed by atoms with E-state index in [0.717, 1.165) is 45.6 Å². The van der Waals surface area contributed by atoms with Crippen LogP contribution in [0.25, 0.3) is 11.3 Å². The Bertz CT molecular complexity index is 1400. The van der Waals surface area contributed by atoms with Gasteiger partial charge >= 0.3 is 0 Å². The lowest BCUT2D eigenvalue weighted by atomic mass is 10.1. The van der Waals surface area contributed by atoms with E-state index in [-0.39, 0.29) is 0 Å². The highest BCUT2D eigenvalue weighted by molar-refractivity contribution is 5.79. The average molecular weight is 491 g/mol. The summed E-state index contributed by atoms with van der Waals surface area (Å²) in [6.07, 6.45) is 1.82. The maximum Gasteiger partial charge on any atom is 0.138 e. The van der Waals surface area contributed by atoms with Gasteiger partial charge in [-0.1, -0.05) is 78.9 Å². The maximum atomic E-state index is 5.13. The highest BCUT2D eigenvalue weighted by atomic mass is 15.2. The van der Waals surface area contributed by atoms with Gasteiger partial charge in [-0.3, -0.25) is 9.80 Å². The summed E-state index contributed by atoms with van der Waals surface area (Å²) in [5, 5.41) is 0. The lowest BCUT2D eigenvalue weighted by Crippen LogP contribution is -2.12. The quantitative estimate of drug-likeness (QED) is 0.223. The molecule has 6 rings (SSSR count). The summed E-state index contributed by atoms with van der Waals surface area (Å²) >= 11 is 0. The van der Waals surface area contributed by atoms with Crippen LogP contribution >= 0.6 is 0 Å². The predicted octanol–water partition coefficient (Wildman–Crippen LogP) is 9.08. The maximum absolute atomic E-state index is 5.13. The molecule has 38 heavy (non-hydrogen) atoms. The molecule has 0 aliphatic rings. The number of hydrogen-bond donors (Lipinski definition) is 0. The van der Waals surface area contributed by atoms with Crippen molar-refractivity contribution in [2.75, 3.05) is 9.80 Å². The van der Waals surface area contributed by atoms with Gasteiger partial charge in [-0.15, -0.1) is 0 Å². The summed E-state index contributed by atoms with van der Waals surface area (Å²) < 4.78 is 0. The fourth-order valence-corrected chi connectivity index (χ4v) is 4.56. The predicted molar refractivity (Wildman–Crippen MR) is 157 cm³/mol. The highest BCUT2D eigenvalue weighted by Gasteiger charge is 2.16. The molecule has 0 amide bonds. The van der Waals surface area contributed by atoms with Crippen molar-refractivity contribution in [2.45, 2.75) is 0 Å². The fraction of sp³-hybridized carbons (Fsp3) is 0. The molecule has 4 aromatic carbocycles. The summed E-state index contributed by atoms with van der Waals surface area (Å²) in [5.74, 6) is 1.71. The lowest BCUT2D eigenvalue weighted by Gasteiger charge is -2.25. The zero-order valence-electron chi connectivity index (χ0n) is 20.8. The second kappa shape index (κ2) is 10.8. The molecule has 0 unspecified atom stereocenters. The Morgan fingerprint density at radius 1 is 0.395 bits per heavy atom. The number of benzene rings is 4. The minimum absolute atomic E-state index is 0.856. The highest BCUT2D eigenvalue weighted by Crippen LogP contribution is 2.37. The zero-order valence-corrected chi connectivity index (χ0v) is 20.8. The Labute approximate surface area is 223 Å². The van der Waals surface area contributed by atoms with Gasteiger partial charge in [0.1, 0.15) is 11.6 Å². The monoisotopic (exact) mass is 490 g/mol. The van der Waals surface area contributed by atoms with Gasteiger partial charge in [0.05, 0.1) is 5.69 Å². The molecule has 0 atom stereocenters. The van der Waals surface area contributed by atoms with E-state index in [2.05, 4.69) is 93.6 Å². The van der Waals surface area contributed by atoms with Crippen molar-refractivity contribution in [1.29, 1.82) is 0 Å². The number of anilines is 6. The number of pyridine rings is 2. The van der Waals surface area contributed by atoms with Crippen molar-refractivity contribution < 1.29 is 0 Å². The number of rotatable bonds is 7. The van der Waals surface area contributed by atoms with Crippen LogP contribution in [0.4, 0.5) is 34.4 Å². The molecule has 2 aromatic heterocycles. The second-order valence-corrected chi connectivity index (χ2v) is 8.80. The molecule has 4 heteroatoms. The number of para-hydroxylation sites is 3. The van der Waals surface area contributed by atoms with Crippen molar-refractivity contribution in [3.8, 4) is 11.3 Å². The third-order valence-corrected chi connectivity index (χ3v) is 6.29. The summed E-state index contributed by atoms with van der Waals surface area (Å²) in [6.45, 7) is 0. The Balaban J connectivity index is 1.43. The van der Waals surface area contributed by atoms with Crippen molar-refractivity contribution in [3.63, 3.8) is 0 Å². The second-order valence-electron chi connectivity index (χ2n) is 8.80. The minimum atomic E-state index is 0.856. The van der Waals surface area contributed by atoms with Crippen LogP contribution < -0.4 is 9.80 Å². The van der Waals surface area contributed by atoms with Crippen LogP contribution in [0, 0.1) is 0 Å². The molecule has 2 heterocycles. The van der Waals surface area contributed by atoms with Crippen molar-refractivity contribution >= 4 is 34.4 Å². The standard InChI is InChI=1S/C34H26N4/c1-4-15-28(16-5-1)37(29-17-6-2-7-18-29)34-24-13-22-32(36-34)27-14-12-21-31(26-27)38(30-19-8-3-9-20-30)33-23-10-11-25-35-33/h1-26H. The zero-order chi connectivity index (χ0) is 25.6. The molecule has 0 bridgehead atoms. The third-order valence-electron chi connectivity index (χ3n) is 6.29. The minimum Gasteiger partial charge on any atom is -0.295 e. The molecular formula is C34H26N4. The van der Waals surface area contributed by atoms with Crippen molar-refractivity contribution in [3.05, 3.63) is 158 Å². The SMILES string of the molecule is c1ccc(N(c2cccc(-c3cccc(N(c4ccccc4)c4ccccc4)n3)c2)c2ccccn2)cc1. The first-order valence-electron chi connectivity index (χ1n) is 12.6. The largest absolute Gasteiger partial charge is 0.295 e. The normalized spacial score (nSPS) is 10.6. The van der Waals surface area contributed by atoms with Gasteiger partial charge in [0.25, 0.3) is 0 Å². The van der Waals surface area contributed by atoms with Gasteiger partial charge in [0.2, 0.25) is 0 Å². The Hall–Kier alpha value is -5.22. The first-order valence-corrected chi connectivity index (χ1v) is 12.6. The first-order chi connectivity index (χ1) is 18.9. The van der Waals surface area contributed by atoms with E-state index in [9.17, 15) is 0 Å². The van der Waals surface area contributed by atoms with Gasteiger partial charge in [0.15, 0.2) is 0 Å². The molecule has 0 aliphatic carbocycles. The third kappa shape index (κ3) is 4.88. The first kappa shape index (κ1) is 23.2. The van der Waals surface area contributed by atoms with Crippen LogP contribution in [0.3, 0.4) is 0 Å². The molecule has 0 fully saturated rings. The van der Waals surface area contributed by atoms with Crippen LogP contribution in [-0.2, 0) is 0 Å². The molecule has 0 spiro atoms. The molecule has 0 aliphatic heterocycles. The van der Waals surface area contributed by atoms with Crippen LogP contribution in [0.15, 0.2) is 158 Å². The summed E-state index contributed by atoms with van der Waals surface area (Å²) in [7, 11) is 0. The van der Waals surface area contributed by atoms with Gasteiger partial charge in [-0.2, -0.15) is 0 Å². The van der Waals surface area contributed by atoms with E-state index in [1.54, 1.807) is 0 Å². The average Bonchev–Trinajstić information content (AvgIpc) is 3.00. The van der Waals surface area contributed by atoms with Crippen LogP contribution in [0.5, 0.6) is 0 Å². The summed E-state index contributed by atoms with van der Waals surface area (Å²) in [4.78, 5) is 14.1. The number of nitrogens with zero attached hydrogens (tertiary/aromatic N) is 4. The van der Waals surface area contributed by atoms with E-state index in [1.807, 2.05) is 79.0 Å². The fourth-order valence-electron chi connectivity index (χ4n) is 4.56. The molecule has 6 aromatic rings. The van der Waals surface area contributed by atoms with Gasteiger partial charge in [-0.05, 0) is 72.8 Å². The van der Waals surface area contributed by atoms with Crippen LogP contribution in [0.2, 0.25) is 0 Å². The van der Waals surface area contributed by atoms with Crippen molar-refractivity contribution in [2.24, 2.45) is 0 Å². The molecule has 0 N–H and O–H groups in total. The molecule has 182 valence electrons. The molecule has 4 nitrogen and oxygen atoms in total. The molecule has 0 saturated heterocycles. The summed E-state index contributed by atoms with van der Waals surface area (Å²) in [5.41, 5.74) is 6.11. The summed E-state index contributed by atoms with van der Waals surface area (Å²) in [6, 6.07) is 51.6. The van der Waals surface area contributed by atoms with Gasteiger partial charge < -0.3 is 0 Å². The van der Waals surface area contributed by atoms with E-state index in [1.165, 1.54) is 0 Å². The van der Waals surface area contributed by atoms with Crippen LogP contribution in [0.1, 0.15) is 0 Å². The lowest BCUT2D eigenvalue weighted by molar-refractivity contribution is 1.17.